The first-order valence-corrected chi connectivity index (χ1v) is 9.50. The van der Waals surface area contributed by atoms with E-state index in [0.29, 0.717) is 12.0 Å². The average molecular weight is 326 g/mol. The lowest BCUT2D eigenvalue weighted by atomic mass is 10.0. The summed E-state index contributed by atoms with van der Waals surface area (Å²) in [5.41, 5.74) is 0.496. The van der Waals surface area contributed by atoms with E-state index in [1.807, 2.05) is 0 Å². The second-order valence-electron chi connectivity index (χ2n) is 5.65. The van der Waals surface area contributed by atoms with Gasteiger partial charge in [0.05, 0.1) is 4.90 Å². The third-order valence-electron chi connectivity index (χ3n) is 3.73. The van der Waals surface area contributed by atoms with E-state index < -0.39 is 10.1 Å². The minimum Gasteiger partial charge on any atom is -0.294 e. The number of hydrogen-bond donors (Lipinski definition) is 1. The number of carbonyl (C=O) groups excluding carboxylic acids is 1. The quantitative estimate of drug-likeness (QED) is 0.365. The largest absolute Gasteiger partial charge is 0.294 e. The Bertz CT molecular complexity index is 547. The zero-order chi connectivity index (χ0) is 16.4. The molecule has 0 aliphatic heterocycles. The highest BCUT2D eigenvalue weighted by molar-refractivity contribution is 7.85. The second-order valence-corrected chi connectivity index (χ2v) is 7.07. The summed E-state index contributed by atoms with van der Waals surface area (Å²) in [5.74, 6) is 0.0212. The predicted molar refractivity (Wildman–Crippen MR) is 87.8 cm³/mol. The van der Waals surface area contributed by atoms with E-state index >= 15 is 0 Å². The Morgan fingerprint density at radius 2 is 1.41 bits per heavy atom. The van der Waals surface area contributed by atoms with Gasteiger partial charge in [0.25, 0.3) is 10.1 Å². The highest BCUT2D eigenvalue weighted by Crippen LogP contribution is 2.14. The number of unbranched alkanes of at least 4 members (excludes halogenated alkanes) is 7. The van der Waals surface area contributed by atoms with Crippen molar-refractivity contribution in [3.8, 4) is 0 Å². The average Bonchev–Trinajstić information content (AvgIpc) is 2.49. The van der Waals surface area contributed by atoms with Crippen LogP contribution in [-0.2, 0) is 10.1 Å². The molecule has 0 aliphatic rings. The normalized spacial score (nSPS) is 11.5. The third-order valence-corrected chi connectivity index (χ3v) is 4.60. The van der Waals surface area contributed by atoms with Crippen molar-refractivity contribution in [2.75, 3.05) is 0 Å². The maximum Gasteiger partial charge on any atom is 0.294 e. The van der Waals surface area contributed by atoms with Crippen molar-refractivity contribution in [3.05, 3.63) is 29.8 Å². The molecule has 1 aromatic rings. The molecule has 0 aromatic heterocycles. The van der Waals surface area contributed by atoms with Crippen molar-refractivity contribution >= 4 is 15.9 Å². The number of ketones is 1. The van der Waals surface area contributed by atoms with Gasteiger partial charge in [0.2, 0.25) is 0 Å². The van der Waals surface area contributed by atoms with Gasteiger partial charge in [-0.15, -0.1) is 0 Å². The van der Waals surface area contributed by atoms with Crippen LogP contribution in [0.1, 0.15) is 75.1 Å². The molecular weight excluding hydrogens is 300 g/mol. The fourth-order valence-corrected chi connectivity index (χ4v) is 2.86. The van der Waals surface area contributed by atoms with Gasteiger partial charge in [-0.05, 0) is 18.6 Å². The monoisotopic (exact) mass is 326 g/mol. The van der Waals surface area contributed by atoms with Crippen molar-refractivity contribution in [1.82, 2.24) is 0 Å². The molecule has 0 heterocycles. The van der Waals surface area contributed by atoms with E-state index in [1.54, 1.807) is 0 Å². The van der Waals surface area contributed by atoms with Crippen LogP contribution in [0.5, 0.6) is 0 Å². The molecule has 0 saturated carbocycles. The molecule has 0 unspecified atom stereocenters. The first-order chi connectivity index (χ1) is 10.4. The van der Waals surface area contributed by atoms with E-state index in [0.717, 1.165) is 12.8 Å². The van der Waals surface area contributed by atoms with Gasteiger partial charge in [-0.3, -0.25) is 9.35 Å². The molecule has 5 heteroatoms. The number of Topliss-reactive ketones (excluding diaryl/α,β-unsaturated/α-hetero) is 1. The summed E-state index contributed by atoms with van der Waals surface area (Å²) in [6.45, 7) is 2.20. The third kappa shape index (κ3) is 7.18. The molecule has 0 saturated heterocycles. The Balaban J connectivity index is 2.25. The molecule has 124 valence electrons. The molecule has 0 fully saturated rings. The number of hydrogen-bond acceptors (Lipinski definition) is 3. The highest BCUT2D eigenvalue weighted by Gasteiger charge is 2.11. The summed E-state index contributed by atoms with van der Waals surface area (Å²) in [6.07, 6.45) is 9.95. The fourth-order valence-electron chi connectivity index (χ4n) is 2.38. The van der Waals surface area contributed by atoms with Crippen LogP contribution in [0.15, 0.2) is 29.2 Å². The minimum absolute atomic E-state index is 0.0212. The maximum absolute atomic E-state index is 12.0. The molecule has 1 aromatic carbocycles. The maximum atomic E-state index is 12.0. The molecule has 1 rings (SSSR count). The van der Waals surface area contributed by atoms with Crippen molar-refractivity contribution < 1.29 is 17.8 Å². The summed E-state index contributed by atoms with van der Waals surface area (Å²) in [6, 6.07) is 5.43. The van der Waals surface area contributed by atoms with Crippen LogP contribution in [0.3, 0.4) is 0 Å². The smallest absolute Gasteiger partial charge is 0.294 e. The van der Waals surface area contributed by atoms with Gasteiger partial charge < -0.3 is 0 Å². The predicted octanol–water partition coefficient (Wildman–Crippen LogP) is 4.65. The van der Waals surface area contributed by atoms with E-state index in [4.69, 9.17) is 4.55 Å². The second kappa shape index (κ2) is 9.74. The SMILES string of the molecule is CCCCCCCCCCC(=O)c1ccc(S(=O)(=O)O)cc1. The Labute approximate surface area is 133 Å². The van der Waals surface area contributed by atoms with Crippen LogP contribution < -0.4 is 0 Å². The van der Waals surface area contributed by atoms with Gasteiger partial charge in [0.1, 0.15) is 0 Å². The van der Waals surface area contributed by atoms with Crippen molar-refractivity contribution in [3.63, 3.8) is 0 Å². The van der Waals surface area contributed by atoms with Gasteiger partial charge in [-0.2, -0.15) is 8.42 Å². The van der Waals surface area contributed by atoms with Crippen LogP contribution in [0, 0.1) is 0 Å². The van der Waals surface area contributed by atoms with Gasteiger partial charge in [0.15, 0.2) is 5.78 Å². The van der Waals surface area contributed by atoms with Gasteiger partial charge in [0, 0.05) is 12.0 Å². The number of carbonyl (C=O) groups is 1. The first-order valence-electron chi connectivity index (χ1n) is 8.06. The summed E-state index contributed by atoms with van der Waals surface area (Å²) in [5, 5.41) is 0. The van der Waals surface area contributed by atoms with Gasteiger partial charge in [-0.25, -0.2) is 0 Å². The molecule has 0 radical (unpaired) electrons. The van der Waals surface area contributed by atoms with Crippen LogP contribution in [-0.4, -0.2) is 18.8 Å². The lowest BCUT2D eigenvalue weighted by Gasteiger charge is -2.03. The van der Waals surface area contributed by atoms with Crippen molar-refractivity contribution in [2.45, 2.75) is 69.6 Å². The zero-order valence-corrected chi connectivity index (χ0v) is 14.1. The van der Waals surface area contributed by atoms with Crippen LogP contribution >= 0.6 is 0 Å². The molecule has 0 spiro atoms. The van der Waals surface area contributed by atoms with E-state index in [2.05, 4.69) is 6.92 Å². The highest BCUT2D eigenvalue weighted by atomic mass is 32.2. The van der Waals surface area contributed by atoms with Crippen molar-refractivity contribution in [2.24, 2.45) is 0 Å². The Morgan fingerprint density at radius 1 is 0.909 bits per heavy atom. The Hall–Kier alpha value is -1.20. The van der Waals surface area contributed by atoms with E-state index in [-0.39, 0.29) is 10.7 Å². The fraction of sp³-hybridized carbons (Fsp3) is 0.588. The summed E-state index contributed by atoms with van der Waals surface area (Å²) in [7, 11) is -4.19. The molecule has 4 nitrogen and oxygen atoms in total. The van der Waals surface area contributed by atoms with Crippen LogP contribution in [0.2, 0.25) is 0 Å². The molecule has 0 aliphatic carbocycles. The van der Waals surface area contributed by atoms with E-state index in [1.165, 1.54) is 62.8 Å². The molecule has 1 N–H and O–H groups in total. The molecule has 0 bridgehead atoms. The lowest BCUT2D eigenvalue weighted by Crippen LogP contribution is -2.02. The standard InChI is InChI=1S/C17H26O4S/c1-2-3-4-5-6-7-8-9-10-17(18)15-11-13-16(14-12-15)22(19,20)21/h11-14H,2-10H2,1H3,(H,19,20,21). The zero-order valence-electron chi connectivity index (χ0n) is 13.3. The Kier molecular flexibility index (Phi) is 8.35. The first kappa shape index (κ1) is 18.8. The molecule has 0 amide bonds. The molecular formula is C17H26O4S. The van der Waals surface area contributed by atoms with Crippen LogP contribution in [0.25, 0.3) is 0 Å². The lowest BCUT2D eigenvalue weighted by molar-refractivity contribution is 0.0979. The Morgan fingerprint density at radius 3 is 1.91 bits per heavy atom. The van der Waals surface area contributed by atoms with Crippen LogP contribution in [0.4, 0.5) is 0 Å². The summed E-state index contributed by atoms with van der Waals surface area (Å²) >= 11 is 0. The minimum atomic E-state index is -4.19. The summed E-state index contributed by atoms with van der Waals surface area (Å²) < 4.78 is 30.7. The number of rotatable bonds is 11. The molecule has 0 atom stereocenters. The topological polar surface area (TPSA) is 71.4 Å². The van der Waals surface area contributed by atoms with E-state index in [9.17, 15) is 13.2 Å². The van der Waals surface area contributed by atoms with Crippen molar-refractivity contribution in [1.29, 1.82) is 0 Å². The number of benzene rings is 1. The molecule has 22 heavy (non-hydrogen) atoms. The van der Waals surface area contributed by atoms with Gasteiger partial charge in [-0.1, -0.05) is 64.0 Å². The summed E-state index contributed by atoms with van der Waals surface area (Å²) in [4.78, 5) is 11.8. The van der Waals surface area contributed by atoms with Gasteiger partial charge >= 0.3 is 0 Å².